The lowest BCUT2D eigenvalue weighted by Crippen LogP contribution is -2.39. The average Bonchev–Trinajstić information content (AvgIpc) is 2.15. The minimum absolute atomic E-state index is 0.144. The van der Waals surface area contributed by atoms with E-state index < -0.39 is 0 Å². The molecule has 15 heavy (non-hydrogen) atoms. The van der Waals surface area contributed by atoms with E-state index in [1.165, 1.54) is 0 Å². The van der Waals surface area contributed by atoms with Crippen LogP contribution >= 0.6 is 0 Å². The van der Waals surface area contributed by atoms with Crippen LogP contribution in [0.15, 0.2) is 18.3 Å². The summed E-state index contributed by atoms with van der Waals surface area (Å²) in [7, 11) is 0. The lowest BCUT2D eigenvalue weighted by atomic mass is 10.0. The van der Waals surface area contributed by atoms with E-state index in [9.17, 15) is 4.79 Å². The third kappa shape index (κ3) is 3.23. The Morgan fingerprint density at radius 2 is 2.13 bits per heavy atom. The van der Waals surface area contributed by atoms with Crippen molar-refractivity contribution in [2.24, 2.45) is 11.7 Å². The number of nitrogens with zero attached hydrogens (tertiary/aromatic N) is 1. The maximum Gasteiger partial charge on any atom is 0.240 e. The molecule has 0 fully saturated rings. The fourth-order valence-electron chi connectivity index (χ4n) is 1.28. The number of aryl methyl sites for hydroxylation is 1. The highest BCUT2D eigenvalue weighted by molar-refractivity contribution is 5.82. The number of amides is 1. The molecule has 0 aromatic carbocycles. The number of rotatable bonds is 4. The van der Waals surface area contributed by atoms with Crippen molar-refractivity contribution in [3.8, 4) is 0 Å². The second-order valence-corrected chi connectivity index (χ2v) is 3.99. The topological polar surface area (TPSA) is 68.0 Å². The van der Waals surface area contributed by atoms with E-state index in [0.717, 1.165) is 5.56 Å². The van der Waals surface area contributed by atoms with Gasteiger partial charge in [0.25, 0.3) is 0 Å². The zero-order valence-corrected chi connectivity index (χ0v) is 9.32. The van der Waals surface area contributed by atoms with Gasteiger partial charge < -0.3 is 11.1 Å². The van der Waals surface area contributed by atoms with Gasteiger partial charge in [0.05, 0.1) is 0 Å². The molecule has 1 heterocycles. The Hall–Kier alpha value is -1.58. The van der Waals surface area contributed by atoms with Gasteiger partial charge in [-0.25, -0.2) is 4.98 Å². The summed E-state index contributed by atoms with van der Waals surface area (Å²) in [6.45, 7) is 5.85. The van der Waals surface area contributed by atoms with E-state index in [4.69, 9.17) is 5.73 Å². The van der Waals surface area contributed by atoms with Crippen LogP contribution in [0.4, 0.5) is 5.82 Å². The normalized spacial score (nSPS) is 12.5. The first-order chi connectivity index (χ1) is 7.00. The molecule has 0 saturated heterocycles. The third-order valence-electron chi connectivity index (χ3n) is 2.19. The Labute approximate surface area is 89.9 Å². The highest BCUT2D eigenvalue weighted by Gasteiger charge is 2.19. The molecule has 0 spiro atoms. The molecule has 4 heteroatoms. The summed E-state index contributed by atoms with van der Waals surface area (Å²) in [6, 6.07) is 3.40. The first-order valence-corrected chi connectivity index (χ1v) is 4.99. The monoisotopic (exact) mass is 207 g/mol. The number of hydrogen-bond acceptors (Lipinski definition) is 3. The van der Waals surface area contributed by atoms with Gasteiger partial charge in [-0.2, -0.15) is 0 Å². The Bertz CT molecular complexity index is 332. The number of anilines is 1. The molecule has 82 valence electrons. The molecule has 1 amide bonds. The van der Waals surface area contributed by atoms with Crippen LogP contribution in [-0.2, 0) is 4.79 Å². The maximum absolute atomic E-state index is 11.1. The molecular formula is C11H17N3O. The van der Waals surface area contributed by atoms with Gasteiger partial charge in [0.2, 0.25) is 5.91 Å². The summed E-state index contributed by atoms with van der Waals surface area (Å²) in [6.07, 6.45) is 1.75. The van der Waals surface area contributed by atoms with Crippen LogP contribution in [0.25, 0.3) is 0 Å². The Morgan fingerprint density at radius 3 is 2.53 bits per heavy atom. The van der Waals surface area contributed by atoms with Crippen LogP contribution in [0.3, 0.4) is 0 Å². The molecule has 3 N–H and O–H groups in total. The molecule has 0 saturated carbocycles. The molecule has 0 aliphatic carbocycles. The van der Waals surface area contributed by atoms with Crippen LogP contribution in [0, 0.1) is 12.8 Å². The van der Waals surface area contributed by atoms with E-state index in [2.05, 4.69) is 10.3 Å². The molecule has 0 aliphatic rings. The van der Waals surface area contributed by atoms with Crippen molar-refractivity contribution in [3.63, 3.8) is 0 Å². The zero-order valence-electron chi connectivity index (χ0n) is 9.32. The zero-order chi connectivity index (χ0) is 11.4. The first-order valence-electron chi connectivity index (χ1n) is 4.99. The summed E-state index contributed by atoms with van der Waals surface area (Å²) in [5.74, 6) is 0.469. The summed E-state index contributed by atoms with van der Waals surface area (Å²) < 4.78 is 0. The second-order valence-electron chi connectivity index (χ2n) is 3.99. The SMILES string of the molecule is Cc1ccc(NC(C(N)=O)C(C)C)nc1. The van der Waals surface area contributed by atoms with Crippen molar-refractivity contribution in [2.45, 2.75) is 26.8 Å². The molecule has 1 rings (SSSR count). The van der Waals surface area contributed by atoms with Crippen LogP contribution in [0.2, 0.25) is 0 Å². The van der Waals surface area contributed by atoms with Crippen LogP contribution in [0.1, 0.15) is 19.4 Å². The molecule has 0 bridgehead atoms. The molecule has 0 aliphatic heterocycles. The minimum atomic E-state index is -0.375. The smallest absolute Gasteiger partial charge is 0.240 e. The largest absolute Gasteiger partial charge is 0.368 e. The van der Waals surface area contributed by atoms with Crippen LogP contribution in [-0.4, -0.2) is 16.9 Å². The number of pyridine rings is 1. The highest BCUT2D eigenvalue weighted by atomic mass is 16.1. The predicted molar refractivity (Wildman–Crippen MR) is 60.4 cm³/mol. The van der Waals surface area contributed by atoms with Gasteiger partial charge in [-0.3, -0.25) is 4.79 Å². The number of carbonyl (C=O) groups excluding carboxylic acids is 1. The van der Waals surface area contributed by atoms with Gasteiger partial charge in [-0.05, 0) is 24.5 Å². The fourth-order valence-corrected chi connectivity index (χ4v) is 1.28. The Morgan fingerprint density at radius 1 is 1.47 bits per heavy atom. The highest BCUT2D eigenvalue weighted by Crippen LogP contribution is 2.10. The Kier molecular flexibility index (Phi) is 3.66. The number of hydrogen-bond donors (Lipinski definition) is 2. The molecule has 1 atom stereocenters. The molecule has 4 nitrogen and oxygen atoms in total. The summed E-state index contributed by atoms with van der Waals surface area (Å²) in [5.41, 5.74) is 6.37. The van der Waals surface area contributed by atoms with E-state index in [0.29, 0.717) is 5.82 Å². The lowest BCUT2D eigenvalue weighted by Gasteiger charge is -2.19. The van der Waals surface area contributed by atoms with Crippen molar-refractivity contribution in [1.29, 1.82) is 0 Å². The standard InChI is InChI=1S/C11H17N3O/c1-7(2)10(11(12)15)14-9-5-4-8(3)6-13-9/h4-7,10H,1-3H3,(H2,12,15)(H,13,14). The Balaban J connectivity index is 2.74. The molecule has 1 aromatic heterocycles. The van der Waals surface area contributed by atoms with Crippen molar-refractivity contribution >= 4 is 11.7 Å². The second kappa shape index (κ2) is 4.77. The maximum atomic E-state index is 11.1. The number of carbonyl (C=O) groups is 1. The van der Waals surface area contributed by atoms with Crippen molar-refractivity contribution in [3.05, 3.63) is 23.9 Å². The van der Waals surface area contributed by atoms with Crippen LogP contribution in [0.5, 0.6) is 0 Å². The predicted octanol–water partition coefficient (Wildman–Crippen LogP) is 1.31. The number of nitrogens with two attached hydrogens (primary N) is 1. The molecule has 0 radical (unpaired) electrons. The molecule has 1 aromatic rings. The van der Waals surface area contributed by atoms with E-state index in [-0.39, 0.29) is 17.9 Å². The summed E-state index contributed by atoms with van der Waals surface area (Å²) in [5, 5.41) is 3.02. The van der Waals surface area contributed by atoms with E-state index in [1.807, 2.05) is 32.9 Å². The number of nitrogens with one attached hydrogen (secondary N) is 1. The van der Waals surface area contributed by atoms with Crippen LogP contribution < -0.4 is 11.1 Å². The van der Waals surface area contributed by atoms with Gasteiger partial charge in [0.1, 0.15) is 11.9 Å². The quantitative estimate of drug-likeness (QED) is 0.782. The fraction of sp³-hybridized carbons (Fsp3) is 0.455. The molecule has 1 unspecified atom stereocenters. The van der Waals surface area contributed by atoms with Gasteiger partial charge in [-0.1, -0.05) is 19.9 Å². The minimum Gasteiger partial charge on any atom is -0.368 e. The lowest BCUT2D eigenvalue weighted by molar-refractivity contribution is -0.119. The van der Waals surface area contributed by atoms with E-state index in [1.54, 1.807) is 6.20 Å². The number of primary amides is 1. The third-order valence-corrected chi connectivity index (χ3v) is 2.19. The molecular weight excluding hydrogens is 190 g/mol. The average molecular weight is 207 g/mol. The summed E-state index contributed by atoms with van der Waals surface area (Å²) in [4.78, 5) is 15.3. The van der Waals surface area contributed by atoms with Gasteiger partial charge >= 0.3 is 0 Å². The van der Waals surface area contributed by atoms with Crippen molar-refractivity contribution in [1.82, 2.24) is 4.98 Å². The first kappa shape index (κ1) is 11.5. The summed E-state index contributed by atoms with van der Waals surface area (Å²) >= 11 is 0. The number of aromatic nitrogens is 1. The van der Waals surface area contributed by atoms with Gasteiger partial charge in [0, 0.05) is 6.20 Å². The van der Waals surface area contributed by atoms with E-state index >= 15 is 0 Å². The van der Waals surface area contributed by atoms with Gasteiger partial charge in [0.15, 0.2) is 0 Å². The van der Waals surface area contributed by atoms with Crippen molar-refractivity contribution < 1.29 is 4.79 Å². The van der Waals surface area contributed by atoms with Crippen molar-refractivity contribution in [2.75, 3.05) is 5.32 Å². The van der Waals surface area contributed by atoms with Gasteiger partial charge in [-0.15, -0.1) is 0 Å².